The van der Waals surface area contributed by atoms with Crippen LogP contribution in [0.4, 0.5) is 5.95 Å². The molecular formula is C19H13N7. The Morgan fingerprint density at radius 3 is 2.73 bits per heavy atom. The van der Waals surface area contributed by atoms with Crippen LogP contribution in [0.5, 0.6) is 0 Å². The lowest BCUT2D eigenvalue weighted by molar-refractivity contribution is 1.01. The third-order valence-corrected chi connectivity index (χ3v) is 4.17. The highest BCUT2D eigenvalue weighted by atomic mass is 15.4. The first-order valence-electron chi connectivity index (χ1n) is 8.12. The molecule has 2 N–H and O–H groups in total. The van der Waals surface area contributed by atoms with Gasteiger partial charge in [0, 0.05) is 28.0 Å². The third kappa shape index (κ3) is 2.42. The highest BCUT2D eigenvalue weighted by Crippen LogP contribution is 2.21. The number of hydrogen-bond donors (Lipinski definition) is 2. The zero-order chi connectivity index (χ0) is 17.3. The van der Waals surface area contributed by atoms with E-state index in [0.717, 1.165) is 32.9 Å². The molecule has 0 saturated carbocycles. The summed E-state index contributed by atoms with van der Waals surface area (Å²) in [7, 11) is 0. The van der Waals surface area contributed by atoms with Crippen molar-refractivity contribution in [3.63, 3.8) is 0 Å². The van der Waals surface area contributed by atoms with Crippen LogP contribution in [0.1, 0.15) is 5.56 Å². The van der Waals surface area contributed by atoms with E-state index in [1.54, 1.807) is 12.4 Å². The fraction of sp³-hybridized carbons (Fsp3) is 0. The largest absolute Gasteiger partial charge is 0.338 e. The van der Waals surface area contributed by atoms with Crippen molar-refractivity contribution in [1.29, 1.82) is 0 Å². The first-order valence-corrected chi connectivity index (χ1v) is 8.12. The third-order valence-electron chi connectivity index (χ3n) is 4.17. The number of pyridine rings is 1. The smallest absolute Gasteiger partial charge is 0.265 e. The minimum absolute atomic E-state index is 0.332. The number of benzene rings is 2. The molecule has 0 atom stereocenters. The van der Waals surface area contributed by atoms with Crippen LogP contribution >= 0.6 is 0 Å². The van der Waals surface area contributed by atoms with E-state index in [0.29, 0.717) is 11.6 Å². The van der Waals surface area contributed by atoms with Crippen molar-refractivity contribution in [2.75, 3.05) is 5.43 Å². The average Bonchev–Trinajstić information content (AvgIpc) is 3.06. The summed E-state index contributed by atoms with van der Waals surface area (Å²) in [4.78, 5) is 12.0. The molecule has 0 spiro atoms. The van der Waals surface area contributed by atoms with E-state index in [-0.39, 0.29) is 0 Å². The maximum Gasteiger partial charge on any atom is 0.265 e. The molecule has 3 aromatic heterocycles. The summed E-state index contributed by atoms with van der Waals surface area (Å²) in [6, 6.07) is 17.7. The van der Waals surface area contributed by atoms with Crippen LogP contribution in [-0.2, 0) is 0 Å². The molecule has 7 nitrogen and oxygen atoms in total. The minimum Gasteiger partial charge on any atom is -0.338 e. The van der Waals surface area contributed by atoms with Gasteiger partial charge in [-0.25, -0.2) is 5.43 Å². The lowest BCUT2D eigenvalue weighted by Gasteiger charge is -2.01. The molecule has 0 radical (unpaired) electrons. The SMILES string of the molecule is C(=N/Nc1nnc2c(n1)[nH]c1ccccc12)/c1ccnc2ccccc12. The number of H-pyrrole nitrogens is 1. The Kier molecular flexibility index (Phi) is 3.28. The van der Waals surface area contributed by atoms with Crippen molar-refractivity contribution < 1.29 is 0 Å². The summed E-state index contributed by atoms with van der Waals surface area (Å²) in [5.74, 6) is 0.332. The van der Waals surface area contributed by atoms with Crippen molar-refractivity contribution in [2.45, 2.75) is 0 Å². The van der Waals surface area contributed by atoms with E-state index in [2.05, 4.69) is 35.7 Å². The van der Waals surface area contributed by atoms with Crippen molar-refractivity contribution in [3.8, 4) is 0 Å². The van der Waals surface area contributed by atoms with Crippen molar-refractivity contribution in [2.24, 2.45) is 5.10 Å². The second kappa shape index (κ2) is 5.89. The van der Waals surface area contributed by atoms with Gasteiger partial charge >= 0.3 is 0 Å². The Balaban J connectivity index is 1.45. The van der Waals surface area contributed by atoms with E-state index >= 15 is 0 Å². The van der Waals surface area contributed by atoms with E-state index in [9.17, 15) is 0 Å². The van der Waals surface area contributed by atoms with Gasteiger partial charge in [0.05, 0.1) is 11.7 Å². The molecule has 7 heteroatoms. The number of hydrogen-bond acceptors (Lipinski definition) is 6. The number of hydrazone groups is 1. The van der Waals surface area contributed by atoms with Crippen LogP contribution in [0, 0.1) is 0 Å². The first kappa shape index (κ1) is 14.5. The highest BCUT2D eigenvalue weighted by molar-refractivity contribution is 6.03. The van der Waals surface area contributed by atoms with Crippen molar-refractivity contribution in [1.82, 2.24) is 25.1 Å². The van der Waals surface area contributed by atoms with Gasteiger partial charge in [0.25, 0.3) is 5.95 Å². The molecule has 0 bridgehead atoms. The Hall–Kier alpha value is -3.87. The molecular weight excluding hydrogens is 326 g/mol. The molecule has 5 aromatic rings. The number of aromatic amines is 1. The molecule has 0 saturated heterocycles. The van der Waals surface area contributed by atoms with Crippen LogP contribution in [0.15, 0.2) is 65.9 Å². The molecule has 0 unspecified atom stereocenters. The summed E-state index contributed by atoms with van der Waals surface area (Å²) in [6.07, 6.45) is 3.49. The Morgan fingerprint density at radius 2 is 1.77 bits per heavy atom. The summed E-state index contributed by atoms with van der Waals surface area (Å²) in [6.45, 7) is 0. The molecule has 0 aliphatic rings. The predicted molar refractivity (Wildman–Crippen MR) is 102 cm³/mol. The standard InChI is InChI=1S/C19H13N7/c1-3-7-15-13(5-1)12(9-10-20-15)11-21-25-19-23-18-17(24-26-19)14-6-2-4-8-16(14)22-18/h1-11H,(H2,22,23,25,26)/b21-11-. The van der Waals surface area contributed by atoms with E-state index < -0.39 is 0 Å². The van der Waals surface area contributed by atoms with Crippen LogP contribution in [-0.4, -0.2) is 31.4 Å². The lowest BCUT2D eigenvalue weighted by Crippen LogP contribution is -1.99. The second-order valence-corrected chi connectivity index (χ2v) is 5.79. The molecule has 2 aromatic carbocycles. The number of para-hydroxylation sites is 2. The first-order chi connectivity index (χ1) is 12.9. The number of anilines is 1. The molecule has 3 heterocycles. The molecule has 0 fully saturated rings. The maximum absolute atomic E-state index is 4.44. The number of fused-ring (bicyclic) bond motifs is 4. The highest BCUT2D eigenvalue weighted by Gasteiger charge is 2.08. The van der Waals surface area contributed by atoms with E-state index in [1.807, 2.05) is 54.6 Å². The van der Waals surface area contributed by atoms with Gasteiger partial charge in [-0.3, -0.25) is 4.98 Å². The fourth-order valence-electron chi connectivity index (χ4n) is 2.96. The van der Waals surface area contributed by atoms with Crippen LogP contribution in [0.2, 0.25) is 0 Å². The van der Waals surface area contributed by atoms with Gasteiger partial charge in [0.1, 0.15) is 5.52 Å². The molecule has 124 valence electrons. The second-order valence-electron chi connectivity index (χ2n) is 5.79. The zero-order valence-corrected chi connectivity index (χ0v) is 13.6. The summed E-state index contributed by atoms with van der Waals surface area (Å²) < 4.78 is 0. The van der Waals surface area contributed by atoms with Crippen molar-refractivity contribution in [3.05, 3.63) is 66.4 Å². The van der Waals surface area contributed by atoms with Crippen LogP contribution < -0.4 is 5.43 Å². The summed E-state index contributed by atoms with van der Waals surface area (Å²) in [5.41, 5.74) is 7.12. The minimum atomic E-state index is 0.332. The molecule has 0 aliphatic heterocycles. The topological polar surface area (TPSA) is 91.7 Å². The Bertz CT molecular complexity index is 1270. The molecule has 0 amide bonds. The van der Waals surface area contributed by atoms with E-state index in [1.165, 1.54) is 0 Å². The lowest BCUT2D eigenvalue weighted by atomic mass is 10.1. The Morgan fingerprint density at radius 1 is 0.923 bits per heavy atom. The van der Waals surface area contributed by atoms with Gasteiger partial charge in [0.2, 0.25) is 0 Å². The zero-order valence-electron chi connectivity index (χ0n) is 13.6. The number of nitrogens with one attached hydrogen (secondary N) is 2. The van der Waals surface area contributed by atoms with Crippen LogP contribution in [0.25, 0.3) is 33.0 Å². The average molecular weight is 339 g/mol. The van der Waals surface area contributed by atoms with Crippen LogP contribution in [0.3, 0.4) is 0 Å². The monoisotopic (exact) mass is 339 g/mol. The van der Waals surface area contributed by atoms with Gasteiger partial charge < -0.3 is 4.98 Å². The van der Waals surface area contributed by atoms with Gasteiger partial charge in [-0.2, -0.15) is 10.1 Å². The summed E-state index contributed by atoms with van der Waals surface area (Å²) >= 11 is 0. The fourth-order valence-corrected chi connectivity index (χ4v) is 2.96. The number of aromatic nitrogens is 5. The quantitative estimate of drug-likeness (QED) is 0.388. The van der Waals surface area contributed by atoms with Gasteiger partial charge in [0.15, 0.2) is 5.65 Å². The maximum atomic E-state index is 4.44. The number of nitrogens with zero attached hydrogens (tertiary/aromatic N) is 5. The number of rotatable bonds is 3. The van der Waals surface area contributed by atoms with Gasteiger partial charge in [-0.1, -0.05) is 36.4 Å². The van der Waals surface area contributed by atoms with Crippen molar-refractivity contribution >= 4 is 45.1 Å². The molecule has 5 rings (SSSR count). The molecule has 0 aliphatic carbocycles. The van der Waals surface area contributed by atoms with E-state index in [4.69, 9.17) is 0 Å². The molecule has 26 heavy (non-hydrogen) atoms. The predicted octanol–water partition coefficient (Wildman–Crippen LogP) is 3.50. The summed E-state index contributed by atoms with van der Waals surface area (Å²) in [5, 5.41) is 14.6. The van der Waals surface area contributed by atoms with Gasteiger partial charge in [-0.15, -0.1) is 10.2 Å². The van der Waals surface area contributed by atoms with Gasteiger partial charge in [-0.05, 0) is 18.2 Å². The normalized spacial score (nSPS) is 11.7. The Labute approximate surface area is 147 Å².